The van der Waals surface area contributed by atoms with Crippen LogP contribution in [0.1, 0.15) is 12.5 Å². The van der Waals surface area contributed by atoms with E-state index in [1.165, 1.54) is 35.2 Å². The fourth-order valence-electron chi connectivity index (χ4n) is 5.64. The number of H-pyrrole nitrogens is 1. The Hall–Kier alpha value is -2.69. The number of ether oxygens (including phenoxy) is 3. The Bertz CT molecular complexity index is 1970. The minimum Gasteiger partial charge on any atom is -0.382 e. The normalized spacial score (nSPS) is 37.1. The lowest BCUT2D eigenvalue weighted by molar-refractivity contribution is -0.0501. The van der Waals surface area contributed by atoms with E-state index in [2.05, 4.69) is 59.5 Å². The predicted molar refractivity (Wildman–Crippen MR) is 163 cm³/mol. The van der Waals surface area contributed by atoms with Crippen LogP contribution in [0.2, 0.25) is 0 Å². The Balaban J connectivity index is 1.22. The highest BCUT2D eigenvalue weighted by atomic mass is 32.7. The summed E-state index contributed by atoms with van der Waals surface area (Å²) in [7, 11) is 1.33. The van der Waals surface area contributed by atoms with Crippen LogP contribution in [0.4, 0.5) is 16.2 Å². The molecule has 3 saturated heterocycles. The van der Waals surface area contributed by atoms with Crippen LogP contribution in [0.15, 0.2) is 23.8 Å². The van der Waals surface area contributed by atoms with E-state index in [-0.39, 0.29) is 34.1 Å². The Kier molecular flexibility index (Phi) is 8.16. The van der Waals surface area contributed by atoms with Crippen LogP contribution in [0.3, 0.4) is 0 Å². The minimum atomic E-state index is -4.32. The van der Waals surface area contributed by atoms with Crippen LogP contribution in [-0.2, 0) is 36.9 Å². The first-order valence-electron chi connectivity index (χ1n) is 13.4. The highest BCUT2D eigenvalue weighted by Crippen LogP contribution is 2.58. The molecule has 6 N–H and O–H groups in total. The van der Waals surface area contributed by atoms with Gasteiger partial charge in [0.05, 0.1) is 31.9 Å². The fraction of sp³-hybridized carbons (Fsp3) is 0.524. The summed E-state index contributed by atoms with van der Waals surface area (Å²) >= 11 is 8.33. The molecule has 0 aliphatic carbocycles. The molecule has 3 fully saturated rings. The molecule has 46 heavy (non-hydrogen) atoms. The van der Waals surface area contributed by atoms with E-state index in [0.29, 0.717) is 0 Å². The number of methoxy groups -OCH3 is 1. The summed E-state index contributed by atoms with van der Waals surface area (Å²) in [6.45, 7) is -9.42. The van der Waals surface area contributed by atoms with E-state index in [0.717, 1.165) is 0 Å². The van der Waals surface area contributed by atoms with Gasteiger partial charge in [0.1, 0.15) is 36.3 Å². The first kappa shape index (κ1) is 31.9. The van der Waals surface area contributed by atoms with E-state index < -0.39 is 81.4 Å². The molecule has 7 heterocycles. The molecule has 4 aromatic rings. The summed E-state index contributed by atoms with van der Waals surface area (Å²) in [6.07, 6.45) is -5.32. The lowest BCUT2D eigenvalue weighted by Gasteiger charge is -2.27. The lowest BCUT2D eigenvalue weighted by Crippen LogP contribution is -2.42. The molecule has 8 unspecified atom stereocenters. The van der Waals surface area contributed by atoms with Gasteiger partial charge in [-0.3, -0.25) is 32.5 Å². The van der Waals surface area contributed by atoms with Crippen molar-refractivity contribution in [1.29, 1.82) is 0 Å². The highest BCUT2D eigenvalue weighted by Gasteiger charge is 2.53. The topological polar surface area (TPSA) is 261 Å². The average Bonchev–Trinajstić information content (AvgIpc) is 3.75. The molecule has 248 valence electrons. The molecule has 3 aliphatic heterocycles. The van der Waals surface area contributed by atoms with Gasteiger partial charge in [-0.25, -0.2) is 34.0 Å². The summed E-state index contributed by atoms with van der Waals surface area (Å²) in [4.78, 5) is 35.1. The number of nitrogens with one attached hydrogen (secondary N) is 2. The van der Waals surface area contributed by atoms with Crippen LogP contribution in [-0.4, -0.2) is 96.0 Å². The molecular formula is C21H26FN11O9P2S2. The molecule has 3 aliphatic rings. The summed E-state index contributed by atoms with van der Waals surface area (Å²) in [5, 5.41) is 2.59. The number of thiol groups is 2. The van der Waals surface area contributed by atoms with Crippen molar-refractivity contribution >= 4 is 72.1 Å². The number of hydrogen-bond acceptors (Lipinski definition) is 16. The number of anilines is 2. The number of aromatic amines is 1. The maximum absolute atomic E-state index is 16.1. The van der Waals surface area contributed by atoms with Gasteiger partial charge < -0.3 is 30.2 Å². The van der Waals surface area contributed by atoms with Crippen molar-refractivity contribution in [2.45, 2.75) is 49.1 Å². The number of fused-ring (bicyclic) bond motifs is 5. The first-order chi connectivity index (χ1) is 21.9. The smallest absolute Gasteiger partial charge is 0.382 e. The van der Waals surface area contributed by atoms with Gasteiger partial charge in [-0.05, 0) is 0 Å². The van der Waals surface area contributed by atoms with Gasteiger partial charge in [0.15, 0.2) is 41.3 Å². The van der Waals surface area contributed by atoms with E-state index >= 15 is 4.39 Å². The van der Waals surface area contributed by atoms with Gasteiger partial charge >= 0.3 is 13.5 Å². The number of aromatic nitrogens is 8. The molecule has 4 aromatic heterocycles. The van der Waals surface area contributed by atoms with Gasteiger partial charge in [-0.2, -0.15) is 4.98 Å². The van der Waals surface area contributed by atoms with Crippen molar-refractivity contribution in [3.8, 4) is 0 Å². The SMILES string of the molecule is COC1C2CO[P@@](=O)(S)NC3C(CO[P@@](=O)(S)OC1C(n1cnc4c(=O)[nH]c(N)nc41)O2)OC(n1cnc2c(N)ncnc21)C3F. The second-order valence-electron chi connectivity index (χ2n) is 10.4. The number of alkyl halides is 1. The van der Waals surface area contributed by atoms with Crippen molar-refractivity contribution in [1.82, 2.24) is 44.1 Å². The monoisotopic (exact) mass is 721 g/mol. The Morgan fingerprint density at radius 1 is 1.00 bits per heavy atom. The van der Waals surface area contributed by atoms with Gasteiger partial charge in [-0.1, -0.05) is 24.5 Å². The standard InChI is InChI=1S/C21H26FN11O9P2S2/c1-37-13-8-3-38-43(35,45)31-10-7(40-19(9(10)22)32-5-27-11-15(23)25-4-26-16(11)32)2-39-44(36,46)42-14(13)20(41-8)33-6-28-12-17(33)29-21(24)30-18(12)34/h4-10,13-14,19-20H,2-3H2,1H3,(H,36,46)(H2,23,25,26)(H2,31,35,45)(H3,24,29,30,34)/t7?,8?,9?,10?,13?,14?,19?,20?,43-,44-/m1/s1. The number of hydrogen-bond donors (Lipinski definition) is 6. The summed E-state index contributed by atoms with van der Waals surface area (Å²) < 4.78 is 80.9. The largest absolute Gasteiger partial charge is 0.386 e. The van der Waals surface area contributed by atoms with Gasteiger partial charge in [0.2, 0.25) is 5.95 Å². The molecule has 10 atom stereocenters. The number of imidazole rings is 2. The molecule has 0 saturated carbocycles. The number of halogens is 1. The summed E-state index contributed by atoms with van der Waals surface area (Å²) in [5.41, 5.74) is 11.4. The van der Waals surface area contributed by atoms with Crippen molar-refractivity contribution in [2.24, 2.45) is 0 Å². The molecule has 0 radical (unpaired) electrons. The van der Waals surface area contributed by atoms with E-state index in [1.807, 2.05) is 0 Å². The zero-order valence-corrected chi connectivity index (χ0v) is 27.0. The molecule has 7 rings (SSSR count). The van der Waals surface area contributed by atoms with Crippen molar-refractivity contribution in [3.05, 3.63) is 29.3 Å². The molecule has 20 nitrogen and oxygen atoms in total. The van der Waals surface area contributed by atoms with Crippen LogP contribution >= 0.6 is 38.0 Å². The van der Waals surface area contributed by atoms with E-state index in [9.17, 15) is 13.9 Å². The zero-order valence-electron chi connectivity index (χ0n) is 23.4. The fourth-order valence-corrected chi connectivity index (χ4v) is 8.80. The van der Waals surface area contributed by atoms with E-state index in [4.69, 9.17) is 39.2 Å². The Morgan fingerprint density at radius 2 is 1.70 bits per heavy atom. The number of nitrogen functional groups attached to an aromatic ring is 2. The first-order valence-corrected chi connectivity index (χ1v) is 18.9. The molecular weight excluding hydrogens is 695 g/mol. The zero-order chi connectivity index (χ0) is 32.5. The molecule has 25 heteroatoms. The van der Waals surface area contributed by atoms with Gasteiger partial charge in [0.25, 0.3) is 5.56 Å². The third-order valence-corrected chi connectivity index (χ3v) is 11.1. The molecule has 0 amide bonds. The maximum atomic E-state index is 16.1. The van der Waals surface area contributed by atoms with Crippen molar-refractivity contribution < 1.29 is 41.3 Å². The molecule has 0 spiro atoms. The quantitative estimate of drug-likeness (QED) is 0.126. The third kappa shape index (κ3) is 5.62. The number of nitrogens with zero attached hydrogens (tertiary/aromatic N) is 7. The average molecular weight is 722 g/mol. The van der Waals surface area contributed by atoms with Crippen LogP contribution in [0.25, 0.3) is 22.3 Å². The van der Waals surface area contributed by atoms with Gasteiger partial charge in [-0.15, -0.1) is 0 Å². The van der Waals surface area contributed by atoms with Gasteiger partial charge in [0, 0.05) is 7.11 Å². The summed E-state index contributed by atoms with van der Waals surface area (Å²) in [5.74, 6) is -0.123. The highest BCUT2D eigenvalue weighted by molar-refractivity contribution is 8.45. The lowest BCUT2D eigenvalue weighted by atomic mass is 10.1. The minimum absolute atomic E-state index is 0.0233. The van der Waals surface area contributed by atoms with Crippen LogP contribution in [0.5, 0.6) is 0 Å². The van der Waals surface area contributed by atoms with Crippen molar-refractivity contribution in [3.63, 3.8) is 0 Å². The Morgan fingerprint density at radius 3 is 2.46 bits per heavy atom. The Labute approximate surface area is 267 Å². The van der Waals surface area contributed by atoms with Crippen LogP contribution in [0, 0.1) is 0 Å². The maximum Gasteiger partial charge on any atom is 0.386 e. The third-order valence-electron chi connectivity index (χ3n) is 7.66. The second kappa shape index (κ2) is 11.8. The molecule has 0 aromatic carbocycles. The van der Waals surface area contributed by atoms with Crippen LogP contribution < -0.4 is 22.1 Å². The number of rotatable bonds is 3. The number of nitrogens with two attached hydrogens (primary N) is 2. The summed E-state index contributed by atoms with van der Waals surface area (Å²) in [6, 6.07) is -1.37. The van der Waals surface area contributed by atoms with E-state index in [1.54, 1.807) is 0 Å². The predicted octanol–water partition coefficient (Wildman–Crippen LogP) is 0.738. The molecule has 2 bridgehead atoms. The second-order valence-corrected chi connectivity index (χ2v) is 16.5. The van der Waals surface area contributed by atoms with Crippen molar-refractivity contribution in [2.75, 3.05) is 31.8 Å².